The second-order valence-electron chi connectivity index (χ2n) is 8.03. The van der Waals surface area contributed by atoms with Gasteiger partial charge >= 0.3 is 12.3 Å². The molecule has 1 amide bonds. The van der Waals surface area contributed by atoms with E-state index in [0.29, 0.717) is 0 Å². The number of hydrogen-bond donors (Lipinski definition) is 0. The number of halogens is 3. The van der Waals surface area contributed by atoms with Crippen LogP contribution in [0.25, 0.3) is 0 Å². The maximum absolute atomic E-state index is 13.3. The summed E-state index contributed by atoms with van der Waals surface area (Å²) < 4.78 is 51.1. The van der Waals surface area contributed by atoms with E-state index < -0.39 is 34.8 Å². The molecule has 1 saturated heterocycles. The van der Waals surface area contributed by atoms with Crippen molar-refractivity contribution in [2.75, 3.05) is 13.1 Å². The Bertz CT molecular complexity index is 759. The Morgan fingerprint density at radius 1 is 1.19 bits per heavy atom. The third-order valence-electron chi connectivity index (χ3n) is 4.75. The average molecular weight is 385 g/mol. The Balaban J connectivity index is 1.80. The predicted octanol–water partition coefficient (Wildman–Crippen LogP) is 4.44. The van der Waals surface area contributed by atoms with Crippen LogP contribution in [-0.4, -0.2) is 41.1 Å². The van der Waals surface area contributed by atoms with Crippen LogP contribution in [0.5, 0.6) is 5.75 Å². The topological polar surface area (TPSA) is 55.8 Å². The number of ether oxygens (including phenoxy) is 2. The lowest BCUT2D eigenvalue weighted by molar-refractivity contribution is -0.140. The lowest BCUT2D eigenvalue weighted by Crippen LogP contribution is -2.53. The molecule has 1 aromatic carbocycles. The van der Waals surface area contributed by atoms with Crippen LogP contribution < -0.4 is 4.74 Å². The molecule has 8 heteroatoms. The first-order chi connectivity index (χ1) is 12.4. The summed E-state index contributed by atoms with van der Waals surface area (Å²) in [6.07, 6.45) is -4.55. The van der Waals surface area contributed by atoms with Gasteiger partial charge in [-0.15, -0.1) is 0 Å². The van der Waals surface area contributed by atoms with E-state index in [9.17, 15) is 22.8 Å². The van der Waals surface area contributed by atoms with Crippen LogP contribution in [0, 0.1) is 0 Å². The number of alkyl halides is 3. The first-order valence-electron chi connectivity index (χ1n) is 8.81. The summed E-state index contributed by atoms with van der Waals surface area (Å²) in [6, 6.07) is 3.49. The molecule has 0 atom stereocenters. The van der Waals surface area contributed by atoms with Crippen LogP contribution in [0.15, 0.2) is 18.2 Å². The number of hydrogen-bond acceptors (Lipinski definition) is 4. The number of piperidine rings is 1. The maximum atomic E-state index is 13.3. The Labute approximate surface area is 155 Å². The molecule has 148 valence electrons. The van der Waals surface area contributed by atoms with Gasteiger partial charge in [0.15, 0.2) is 5.78 Å². The fourth-order valence-corrected chi connectivity index (χ4v) is 3.43. The van der Waals surface area contributed by atoms with Gasteiger partial charge in [-0.2, -0.15) is 13.2 Å². The van der Waals surface area contributed by atoms with E-state index in [-0.39, 0.29) is 43.7 Å². The van der Waals surface area contributed by atoms with Gasteiger partial charge in [-0.25, -0.2) is 4.79 Å². The van der Waals surface area contributed by atoms with Crippen LogP contribution in [0.2, 0.25) is 0 Å². The van der Waals surface area contributed by atoms with Gasteiger partial charge in [0.25, 0.3) is 0 Å². The van der Waals surface area contributed by atoms with E-state index in [2.05, 4.69) is 0 Å². The Kier molecular flexibility index (Phi) is 4.64. The third-order valence-corrected chi connectivity index (χ3v) is 4.75. The van der Waals surface area contributed by atoms with Crippen molar-refractivity contribution in [2.45, 2.75) is 57.4 Å². The minimum atomic E-state index is -4.61. The predicted molar refractivity (Wildman–Crippen MR) is 90.8 cm³/mol. The first-order valence-corrected chi connectivity index (χ1v) is 8.81. The van der Waals surface area contributed by atoms with Gasteiger partial charge in [0.1, 0.15) is 17.0 Å². The first kappa shape index (κ1) is 19.5. The zero-order chi connectivity index (χ0) is 20.0. The molecule has 0 saturated carbocycles. The van der Waals surface area contributed by atoms with Crippen molar-refractivity contribution in [3.05, 3.63) is 29.3 Å². The molecule has 3 rings (SSSR count). The number of likely N-dealkylation sites (tertiary alicyclic amines) is 1. The molecule has 2 aliphatic heterocycles. The fraction of sp³-hybridized carbons (Fsp3) is 0.579. The lowest BCUT2D eigenvalue weighted by Gasteiger charge is -2.44. The van der Waals surface area contributed by atoms with E-state index in [1.165, 1.54) is 17.0 Å². The van der Waals surface area contributed by atoms with Gasteiger partial charge in [0.2, 0.25) is 0 Å². The van der Waals surface area contributed by atoms with Crippen molar-refractivity contribution in [2.24, 2.45) is 0 Å². The van der Waals surface area contributed by atoms with Gasteiger partial charge in [-0.1, -0.05) is 6.07 Å². The molecular formula is C19H22F3NO4. The molecular weight excluding hydrogens is 363 g/mol. The molecule has 2 aliphatic rings. The number of carbonyl (C=O) groups excluding carboxylic acids is 2. The van der Waals surface area contributed by atoms with E-state index >= 15 is 0 Å². The number of amides is 1. The molecule has 2 heterocycles. The van der Waals surface area contributed by atoms with Crippen LogP contribution in [0.3, 0.4) is 0 Å². The molecule has 1 aromatic rings. The number of benzene rings is 1. The zero-order valence-corrected chi connectivity index (χ0v) is 15.5. The highest BCUT2D eigenvalue weighted by molar-refractivity contribution is 6.00. The van der Waals surface area contributed by atoms with Crippen LogP contribution in [-0.2, 0) is 10.9 Å². The van der Waals surface area contributed by atoms with Gasteiger partial charge in [-0.3, -0.25) is 4.79 Å². The summed E-state index contributed by atoms with van der Waals surface area (Å²) in [5.41, 5.74) is -2.64. The van der Waals surface area contributed by atoms with Crippen LogP contribution in [0.1, 0.15) is 56.0 Å². The number of rotatable bonds is 0. The van der Waals surface area contributed by atoms with Crippen molar-refractivity contribution < 1.29 is 32.2 Å². The zero-order valence-electron chi connectivity index (χ0n) is 15.5. The van der Waals surface area contributed by atoms with Crippen LogP contribution in [0.4, 0.5) is 18.0 Å². The number of carbonyl (C=O) groups is 2. The van der Waals surface area contributed by atoms with E-state index in [1.54, 1.807) is 20.8 Å². The van der Waals surface area contributed by atoms with E-state index in [1.807, 2.05) is 0 Å². The van der Waals surface area contributed by atoms with Gasteiger partial charge < -0.3 is 14.4 Å². The van der Waals surface area contributed by atoms with Crippen molar-refractivity contribution in [3.63, 3.8) is 0 Å². The van der Waals surface area contributed by atoms with Gasteiger partial charge in [-0.05, 0) is 32.9 Å². The molecule has 0 unspecified atom stereocenters. The molecule has 5 nitrogen and oxygen atoms in total. The highest BCUT2D eigenvalue weighted by Gasteiger charge is 2.47. The molecule has 1 fully saturated rings. The number of Topliss-reactive ketones (excluding diaryl/α,β-unsaturated/α-hetero) is 1. The van der Waals surface area contributed by atoms with Crippen molar-refractivity contribution in [3.8, 4) is 5.75 Å². The number of nitrogens with zero attached hydrogens (tertiary/aromatic N) is 1. The second kappa shape index (κ2) is 6.42. The highest BCUT2D eigenvalue weighted by atomic mass is 19.4. The quantitative estimate of drug-likeness (QED) is 0.663. The standard InChI is InChI=1S/C19H22F3NO4/c1-17(2,3)27-16(25)23-9-7-18(8-10-23)11-14(24)12-5-4-6-13(15(12)26-18)19(20,21)22/h4-6H,7-11H2,1-3H3. The van der Waals surface area contributed by atoms with Crippen molar-refractivity contribution in [1.82, 2.24) is 4.90 Å². The number of para-hydroxylation sites is 1. The molecule has 0 aromatic heterocycles. The van der Waals surface area contributed by atoms with Crippen LogP contribution >= 0.6 is 0 Å². The molecule has 0 aliphatic carbocycles. The Morgan fingerprint density at radius 3 is 2.37 bits per heavy atom. The van der Waals surface area contributed by atoms with E-state index in [4.69, 9.17) is 9.47 Å². The summed E-state index contributed by atoms with van der Waals surface area (Å²) >= 11 is 0. The Morgan fingerprint density at radius 2 is 1.81 bits per heavy atom. The van der Waals surface area contributed by atoms with Gasteiger partial charge in [0, 0.05) is 25.9 Å². The second-order valence-corrected chi connectivity index (χ2v) is 8.03. The summed E-state index contributed by atoms with van der Waals surface area (Å²) in [6.45, 7) is 5.79. The average Bonchev–Trinajstić information content (AvgIpc) is 2.52. The van der Waals surface area contributed by atoms with Gasteiger partial charge in [0.05, 0.1) is 17.5 Å². The minimum absolute atomic E-state index is 0.00344. The molecule has 0 N–H and O–H groups in total. The fourth-order valence-electron chi connectivity index (χ4n) is 3.43. The smallest absolute Gasteiger partial charge is 0.419 e. The lowest BCUT2D eigenvalue weighted by atomic mass is 9.82. The summed E-state index contributed by atoms with van der Waals surface area (Å²) in [5, 5.41) is 0. The number of fused-ring (bicyclic) bond motifs is 1. The summed E-state index contributed by atoms with van der Waals surface area (Å²) in [7, 11) is 0. The largest absolute Gasteiger partial charge is 0.485 e. The third kappa shape index (κ3) is 4.04. The molecule has 0 bridgehead atoms. The summed E-state index contributed by atoms with van der Waals surface area (Å²) in [4.78, 5) is 26.2. The van der Waals surface area contributed by atoms with E-state index in [0.717, 1.165) is 6.07 Å². The van der Waals surface area contributed by atoms with Crippen molar-refractivity contribution in [1.29, 1.82) is 0 Å². The molecule has 27 heavy (non-hydrogen) atoms. The number of ketones is 1. The Hall–Kier alpha value is -2.25. The molecule has 0 radical (unpaired) electrons. The summed E-state index contributed by atoms with van der Waals surface area (Å²) in [5.74, 6) is -0.764. The normalized spacial score (nSPS) is 19.5. The van der Waals surface area contributed by atoms with Crippen molar-refractivity contribution >= 4 is 11.9 Å². The monoisotopic (exact) mass is 385 g/mol. The maximum Gasteiger partial charge on any atom is 0.419 e. The SMILES string of the molecule is CC(C)(C)OC(=O)N1CCC2(CC1)CC(=O)c1cccc(C(F)(F)F)c1O2. The molecule has 1 spiro atoms. The highest BCUT2D eigenvalue weighted by Crippen LogP contribution is 2.45. The minimum Gasteiger partial charge on any atom is -0.485 e.